The summed E-state index contributed by atoms with van der Waals surface area (Å²) >= 11 is 1.92. The number of ether oxygens (including phenoxy) is 1. The number of rotatable bonds is 4. The highest BCUT2D eigenvalue weighted by atomic mass is 32.1. The van der Waals surface area contributed by atoms with Gasteiger partial charge in [-0.15, -0.1) is 11.3 Å². The Morgan fingerprint density at radius 3 is 2.74 bits per heavy atom. The molecule has 2 heterocycles. The standard InChI is InChI=1S/C15H26N2OS/c1-15(2,3)13-6-5-12(19-13)14-11(16)7-8-17(14)9-10-18-4/h5-6,11,14H,7-10,16H2,1-4H3. The van der Waals surface area contributed by atoms with Crippen LogP contribution in [0.5, 0.6) is 0 Å². The van der Waals surface area contributed by atoms with Crippen LogP contribution >= 0.6 is 11.3 Å². The summed E-state index contributed by atoms with van der Waals surface area (Å²) in [6.45, 7) is 9.62. The third kappa shape index (κ3) is 3.37. The molecule has 2 rings (SSSR count). The van der Waals surface area contributed by atoms with Gasteiger partial charge in [-0.25, -0.2) is 0 Å². The predicted octanol–water partition coefficient (Wildman–Crippen LogP) is 2.77. The monoisotopic (exact) mass is 282 g/mol. The van der Waals surface area contributed by atoms with Crippen molar-refractivity contribution in [1.82, 2.24) is 4.90 Å². The molecule has 1 fully saturated rings. The van der Waals surface area contributed by atoms with Crippen molar-refractivity contribution in [2.45, 2.75) is 44.7 Å². The van der Waals surface area contributed by atoms with Crippen molar-refractivity contribution in [2.75, 3.05) is 26.8 Å². The third-order valence-electron chi connectivity index (χ3n) is 3.79. The van der Waals surface area contributed by atoms with Gasteiger partial charge in [-0.05, 0) is 24.0 Å². The summed E-state index contributed by atoms with van der Waals surface area (Å²) in [5, 5.41) is 0. The van der Waals surface area contributed by atoms with Crippen LogP contribution in [-0.2, 0) is 10.2 Å². The van der Waals surface area contributed by atoms with Crippen LogP contribution in [0, 0.1) is 0 Å². The Hall–Kier alpha value is -0.420. The topological polar surface area (TPSA) is 38.5 Å². The molecule has 0 aromatic carbocycles. The molecule has 0 spiro atoms. The van der Waals surface area contributed by atoms with E-state index in [0.717, 1.165) is 26.1 Å². The summed E-state index contributed by atoms with van der Waals surface area (Å²) < 4.78 is 5.20. The first-order chi connectivity index (χ1) is 8.93. The van der Waals surface area contributed by atoms with Gasteiger partial charge in [0.15, 0.2) is 0 Å². The van der Waals surface area contributed by atoms with E-state index >= 15 is 0 Å². The predicted molar refractivity (Wildman–Crippen MR) is 81.8 cm³/mol. The maximum Gasteiger partial charge on any atom is 0.0594 e. The summed E-state index contributed by atoms with van der Waals surface area (Å²) in [5.74, 6) is 0. The minimum absolute atomic E-state index is 0.225. The van der Waals surface area contributed by atoms with Gasteiger partial charge in [0.2, 0.25) is 0 Å². The molecule has 3 nitrogen and oxygen atoms in total. The maximum atomic E-state index is 6.32. The number of hydrogen-bond donors (Lipinski definition) is 1. The molecular formula is C15H26N2OS. The van der Waals surface area contributed by atoms with Crippen LogP contribution in [0.25, 0.3) is 0 Å². The van der Waals surface area contributed by atoms with E-state index in [1.54, 1.807) is 7.11 Å². The van der Waals surface area contributed by atoms with E-state index in [2.05, 4.69) is 37.8 Å². The van der Waals surface area contributed by atoms with E-state index in [-0.39, 0.29) is 11.5 Å². The average Bonchev–Trinajstić information content (AvgIpc) is 2.92. The second-order valence-corrected chi connectivity index (χ2v) is 7.49. The highest BCUT2D eigenvalue weighted by molar-refractivity contribution is 7.12. The fraction of sp³-hybridized carbons (Fsp3) is 0.733. The van der Waals surface area contributed by atoms with Crippen molar-refractivity contribution in [3.8, 4) is 0 Å². The Morgan fingerprint density at radius 1 is 1.42 bits per heavy atom. The van der Waals surface area contributed by atoms with Gasteiger partial charge >= 0.3 is 0 Å². The first kappa shape index (κ1) is 15.0. The van der Waals surface area contributed by atoms with Gasteiger partial charge in [0, 0.05) is 36.0 Å². The number of thiophene rings is 1. The van der Waals surface area contributed by atoms with E-state index in [0.29, 0.717) is 6.04 Å². The zero-order valence-corrected chi connectivity index (χ0v) is 13.3. The first-order valence-electron chi connectivity index (χ1n) is 7.02. The lowest BCUT2D eigenvalue weighted by molar-refractivity contribution is 0.140. The fourth-order valence-corrected chi connectivity index (χ4v) is 3.92. The van der Waals surface area contributed by atoms with E-state index in [1.807, 2.05) is 11.3 Å². The van der Waals surface area contributed by atoms with Crippen LogP contribution in [0.3, 0.4) is 0 Å². The highest BCUT2D eigenvalue weighted by Gasteiger charge is 2.34. The van der Waals surface area contributed by atoms with Gasteiger partial charge in [-0.3, -0.25) is 4.90 Å². The number of methoxy groups -OCH3 is 1. The number of likely N-dealkylation sites (tertiary alicyclic amines) is 1. The number of nitrogens with two attached hydrogens (primary N) is 1. The highest BCUT2D eigenvalue weighted by Crippen LogP contribution is 2.38. The summed E-state index contributed by atoms with van der Waals surface area (Å²) in [6, 6.07) is 5.15. The van der Waals surface area contributed by atoms with Crippen LogP contribution in [-0.4, -0.2) is 37.7 Å². The van der Waals surface area contributed by atoms with Crippen molar-refractivity contribution < 1.29 is 4.74 Å². The minimum atomic E-state index is 0.225. The molecule has 1 saturated heterocycles. The zero-order valence-electron chi connectivity index (χ0n) is 12.5. The summed E-state index contributed by atoms with van der Waals surface area (Å²) in [7, 11) is 1.76. The van der Waals surface area contributed by atoms with Crippen LogP contribution < -0.4 is 5.73 Å². The van der Waals surface area contributed by atoms with Crippen LogP contribution in [0.2, 0.25) is 0 Å². The molecule has 1 aliphatic heterocycles. The largest absolute Gasteiger partial charge is 0.383 e. The van der Waals surface area contributed by atoms with Gasteiger partial charge in [-0.1, -0.05) is 20.8 Å². The van der Waals surface area contributed by atoms with E-state index < -0.39 is 0 Å². The first-order valence-corrected chi connectivity index (χ1v) is 7.84. The molecule has 0 amide bonds. The molecule has 1 aromatic heterocycles. The van der Waals surface area contributed by atoms with Gasteiger partial charge in [-0.2, -0.15) is 0 Å². The Kier molecular flexibility index (Phi) is 4.66. The molecule has 19 heavy (non-hydrogen) atoms. The molecule has 2 unspecified atom stereocenters. The molecular weight excluding hydrogens is 256 g/mol. The Labute approximate surface area is 120 Å². The Morgan fingerprint density at radius 2 is 2.16 bits per heavy atom. The fourth-order valence-electron chi connectivity index (χ4n) is 2.65. The van der Waals surface area contributed by atoms with Crippen molar-refractivity contribution in [3.63, 3.8) is 0 Å². The maximum absolute atomic E-state index is 6.32. The third-order valence-corrected chi connectivity index (χ3v) is 5.37. The normalized spacial score (nSPS) is 25.1. The SMILES string of the molecule is COCCN1CCC(N)C1c1ccc(C(C)(C)C)s1. The number of hydrogen-bond acceptors (Lipinski definition) is 4. The van der Waals surface area contributed by atoms with Crippen molar-refractivity contribution >= 4 is 11.3 Å². The average molecular weight is 282 g/mol. The Balaban J connectivity index is 2.16. The van der Waals surface area contributed by atoms with Gasteiger partial charge in [0.25, 0.3) is 0 Å². The number of nitrogens with zero attached hydrogens (tertiary/aromatic N) is 1. The van der Waals surface area contributed by atoms with E-state index in [4.69, 9.17) is 10.5 Å². The molecule has 0 bridgehead atoms. The van der Waals surface area contributed by atoms with Crippen LogP contribution in [0.1, 0.15) is 43.0 Å². The molecule has 0 saturated carbocycles. The molecule has 2 N–H and O–H groups in total. The molecule has 0 radical (unpaired) electrons. The molecule has 1 aromatic rings. The van der Waals surface area contributed by atoms with Crippen molar-refractivity contribution in [1.29, 1.82) is 0 Å². The molecule has 4 heteroatoms. The summed E-state index contributed by atoms with van der Waals surface area (Å²) in [4.78, 5) is 5.31. The molecule has 1 aliphatic rings. The van der Waals surface area contributed by atoms with Crippen molar-refractivity contribution in [2.24, 2.45) is 5.73 Å². The minimum Gasteiger partial charge on any atom is -0.383 e. The van der Waals surface area contributed by atoms with Crippen molar-refractivity contribution in [3.05, 3.63) is 21.9 Å². The Bertz CT molecular complexity index is 411. The lowest BCUT2D eigenvalue weighted by Gasteiger charge is -2.25. The van der Waals surface area contributed by atoms with E-state index in [1.165, 1.54) is 9.75 Å². The van der Waals surface area contributed by atoms with Crippen LogP contribution in [0.15, 0.2) is 12.1 Å². The zero-order chi connectivity index (χ0) is 14.0. The second-order valence-electron chi connectivity index (χ2n) is 6.38. The summed E-state index contributed by atoms with van der Waals surface area (Å²) in [5.41, 5.74) is 6.54. The quantitative estimate of drug-likeness (QED) is 0.923. The lowest BCUT2D eigenvalue weighted by atomic mass is 9.95. The smallest absolute Gasteiger partial charge is 0.0594 e. The van der Waals surface area contributed by atoms with Gasteiger partial charge < -0.3 is 10.5 Å². The lowest BCUT2D eigenvalue weighted by Crippen LogP contribution is -2.33. The van der Waals surface area contributed by atoms with E-state index in [9.17, 15) is 0 Å². The molecule has 108 valence electrons. The van der Waals surface area contributed by atoms with Gasteiger partial charge in [0.1, 0.15) is 0 Å². The second kappa shape index (κ2) is 5.92. The summed E-state index contributed by atoms with van der Waals surface area (Å²) in [6.07, 6.45) is 1.08. The molecule has 2 atom stereocenters. The van der Waals surface area contributed by atoms with Crippen LogP contribution in [0.4, 0.5) is 0 Å². The van der Waals surface area contributed by atoms with Gasteiger partial charge in [0.05, 0.1) is 12.6 Å². The molecule has 0 aliphatic carbocycles.